The van der Waals surface area contributed by atoms with Crippen molar-refractivity contribution in [1.82, 2.24) is 9.88 Å². The van der Waals surface area contributed by atoms with Gasteiger partial charge in [-0.05, 0) is 59.7 Å². The number of likely N-dealkylation sites (tertiary alicyclic amines) is 1. The van der Waals surface area contributed by atoms with Gasteiger partial charge in [0.05, 0.1) is 0 Å². The first kappa shape index (κ1) is 22.0. The van der Waals surface area contributed by atoms with E-state index in [2.05, 4.69) is 43.3 Å². The van der Waals surface area contributed by atoms with Crippen molar-refractivity contribution in [3.05, 3.63) is 64.3 Å². The van der Waals surface area contributed by atoms with E-state index < -0.39 is 0 Å². The predicted octanol–water partition coefficient (Wildman–Crippen LogP) is 5.99. The second-order valence-electron chi connectivity index (χ2n) is 9.23. The van der Waals surface area contributed by atoms with Gasteiger partial charge in [-0.25, -0.2) is 0 Å². The number of benzene rings is 1. The summed E-state index contributed by atoms with van der Waals surface area (Å²) in [7, 11) is 0. The van der Waals surface area contributed by atoms with Crippen molar-refractivity contribution in [2.24, 2.45) is 5.73 Å². The van der Waals surface area contributed by atoms with Crippen LogP contribution in [0.5, 0.6) is 0 Å². The maximum atomic E-state index is 12.9. The van der Waals surface area contributed by atoms with E-state index in [1.165, 1.54) is 4.88 Å². The molecule has 0 aliphatic carbocycles. The average Bonchev–Trinajstić information content (AvgIpc) is 3.22. The minimum Gasteiger partial charge on any atom is -0.337 e. The highest BCUT2D eigenvalue weighted by molar-refractivity contribution is 7.14. The lowest BCUT2D eigenvalue weighted by molar-refractivity contribution is 0.0709. The van der Waals surface area contributed by atoms with Crippen LogP contribution in [0.4, 0.5) is 0 Å². The molecule has 0 saturated carbocycles. The number of halogens is 1. The van der Waals surface area contributed by atoms with Crippen LogP contribution in [-0.4, -0.2) is 34.9 Å². The molecule has 0 unspecified atom stereocenters. The largest absolute Gasteiger partial charge is 0.337 e. The van der Waals surface area contributed by atoms with Crippen LogP contribution in [0.2, 0.25) is 5.02 Å². The standard InChI is InChI=1S/C25H28ClN3OS/c1-25(2,3)23-13-16(8-9-28-23)22-12-18(15-31-22)20-7-6-17(11-21(20)26)24(30)29-10-4-5-19(27)14-29/h6-9,11-13,15,19H,4-5,10,14,27H2,1-3H3/t19-/m1/s1. The van der Waals surface area contributed by atoms with E-state index in [4.69, 9.17) is 17.3 Å². The van der Waals surface area contributed by atoms with Crippen LogP contribution >= 0.6 is 22.9 Å². The monoisotopic (exact) mass is 453 g/mol. The molecule has 3 aromatic rings. The third-order valence-electron chi connectivity index (χ3n) is 5.68. The fraction of sp³-hybridized carbons (Fsp3) is 0.360. The van der Waals surface area contributed by atoms with Gasteiger partial charge in [-0.15, -0.1) is 11.3 Å². The minimum absolute atomic E-state index is 0.0000510. The van der Waals surface area contributed by atoms with Crippen molar-refractivity contribution in [2.45, 2.75) is 45.1 Å². The molecule has 31 heavy (non-hydrogen) atoms. The molecular formula is C25H28ClN3OS. The molecule has 1 saturated heterocycles. The van der Waals surface area contributed by atoms with Crippen LogP contribution < -0.4 is 5.73 Å². The maximum absolute atomic E-state index is 12.9. The van der Waals surface area contributed by atoms with Crippen LogP contribution in [0.25, 0.3) is 21.6 Å². The fourth-order valence-corrected chi connectivity index (χ4v) is 5.08. The molecule has 3 heterocycles. The van der Waals surface area contributed by atoms with E-state index >= 15 is 0 Å². The van der Waals surface area contributed by atoms with Crippen LogP contribution in [0, 0.1) is 0 Å². The Bertz CT molecular complexity index is 1100. The smallest absolute Gasteiger partial charge is 0.253 e. The molecule has 1 aromatic carbocycles. The number of aromatic nitrogens is 1. The van der Waals surface area contributed by atoms with Crippen LogP contribution in [0.15, 0.2) is 48.0 Å². The van der Waals surface area contributed by atoms with E-state index in [1.807, 2.05) is 29.3 Å². The summed E-state index contributed by atoms with van der Waals surface area (Å²) >= 11 is 8.30. The molecule has 1 aliphatic heterocycles. The Morgan fingerprint density at radius 3 is 2.71 bits per heavy atom. The molecular weight excluding hydrogens is 426 g/mol. The molecule has 162 valence electrons. The Morgan fingerprint density at radius 1 is 1.19 bits per heavy atom. The molecule has 2 aromatic heterocycles. The molecule has 0 bridgehead atoms. The van der Waals surface area contributed by atoms with Crippen LogP contribution in [0.3, 0.4) is 0 Å². The number of nitrogens with zero attached hydrogens (tertiary/aromatic N) is 2. The van der Waals surface area contributed by atoms with Gasteiger partial charge in [0, 0.05) is 57.5 Å². The lowest BCUT2D eigenvalue weighted by Gasteiger charge is -2.30. The molecule has 4 nitrogen and oxygen atoms in total. The van der Waals surface area contributed by atoms with Gasteiger partial charge in [-0.2, -0.15) is 0 Å². The van der Waals surface area contributed by atoms with Crippen molar-refractivity contribution in [2.75, 3.05) is 13.1 Å². The van der Waals surface area contributed by atoms with Crippen LogP contribution in [-0.2, 0) is 5.41 Å². The molecule has 0 spiro atoms. The summed E-state index contributed by atoms with van der Waals surface area (Å²) < 4.78 is 0. The van der Waals surface area contributed by atoms with Crippen molar-refractivity contribution in [1.29, 1.82) is 0 Å². The normalized spacial score (nSPS) is 17.1. The van der Waals surface area contributed by atoms with Crippen molar-refractivity contribution < 1.29 is 4.79 Å². The first-order valence-corrected chi connectivity index (χ1v) is 11.9. The number of carbonyl (C=O) groups is 1. The Kier molecular flexibility index (Phi) is 6.20. The van der Waals surface area contributed by atoms with E-state index in [1.54, 1.807) is 17.4 Å². The molecule has 1 amide bonds. The minimum atomic E-state index is 0.0000510. The van der Waals surface area contributed by atoms with E-state index in [9.17, 15) is 4.79 Å². The zero-order chi connectivity index (χ0) is 22.2. The summed E-state index contributed by atoms with van der Waals surface area (Å²) in [5.74, 6) is 0.00102. The molecule has 1 aliphatic rings. The molecule has 0 radical (unpaired) electrons. The summed E-state index contributed by atoms with van der Waals surface area (Å²) in [6.07, 6.45) is 3.79. The fourth-order valence-electron chi connectivity index (χ4n) is 3.88. The third-order valence-corrected chi connectivity index (χ3v) is 6.98. The van der Waals surface area contributed by atoms with Gasteiger partial charge in [-0.1, -0.05) is 38.4 Å². The zero-order valence-corrected chi connectivity index (χ0v) is 19.8. The Labute approximate surface area is 193 Å². The summed E-state index contributed by atoms with van der Waals surface area (Å²) in [6.45, 7) is 7.86. The maximum Gasteiger partial charge on any atom is 0.253 e. The average molecular weight is 454 g/mol. The van der Waals surface area contributed by atoms with Gasteiger partial charge in [0.2, 0.25) is 0 Å². The number of amides is 1. The van der Waals surface area contributed by atoms with E-state index in [0.717, 1.165) is 41.8 Å². The topological polar surface area (TPSA) is 59.2 Å². The van der Waals surface area contributed by atoms with Crippen molar-refractivity contribution >= 4 is 28.8 Å². The van der Waals surface area contributed by atoms with Gasteiger partial charge in [0.15, 0.2) is 0 Å². The lowest BCUT2D eigenvalue weighted by Crippen LogP contribution is -2.45. The van der Waals surface area contributed by atoms with Gasteiger partial charge in [0.25, 0.3) is 5.91 Å². The highest BCUT2D eigenvalue weighted by atomic mass is 35.5. The number of piperidine rings is 1. The highest BCUT2D eigenvalue weighted by Crippen LogP contribution is 2.37. The number of hydrogen-bond acceptors (Lipinski definition) is 4. The van der Waals surface area contributed by atoms with Crippen LogP contribution in [0.1, 0.15) is 49.7 Å². The summed E-state index contributed by atoms with van der Waals surface area (Å²) in [5.41, 5.74) is 10.9. The number of hydrogen-bond donors (Lipinski definition) is 1. The van der Waals surface area contributed by atoms with Crippen molar-refractivity contribution in [3.63, 3.8) is 0 Å². The van der Waals surface area contributed by atoms with E-state index in [0.29, 0.717) is 17.1 Å². The van der Waals surface area contributed by atoms with E-state index in [-0.39, 0.29) is 17.4 Å². The quantitative estimate of drug-likeness (QED) is 0.529. The summed E-state index contributed by atoms with van der Waals surface area (Å²) in [4.78, 5) is 20.4. The predicted molar refractivity (Wildman–Crippen MR) is 130 cm³/mol. The first-order chi connectivity index (χ1) is 14.7. The molecule has 1 fully saturated rings. The van der Waals surface area contributed by atoms with Gasteiger partial charge in [0.1, 0.15) is 0 Å². The molecule has 6 heteroatoms. The van der Waals surface area contributed by atoms with Gasteiger partial charge in [-0.3, -0.25) is 9.78 Å². The first-order valence-electron chi connectivity index (χ1n) is 10.6. The number of thiophene rings is 1. The Hall–Kier alpha value is -2.21. The second kappa shape index (κ2) is 8.73. The SMILES string of the molecule is CC(C)(C)c1cc(-c2cc(-c3ccc(C(=O)N4CCC[C@@H](N)C4)cc3Cl)cs2)ccn1. The zero-order valence-electron chi connectivity index (χ0n) is 18.2. The van der Waals surface area contributed by atoms with Gasteiger partial charge >= 0.3 is 0 Å². The molecule has 2 N–H and O–H groups in total. The third kappa shape index (κ3) is 4.84. The number of nitrogens with two attached hydrogens (primary N) is 1. The second-order valence-corrected chi connectivity index (χ2v) is 10.5. The number of rotatable bonds is 3. The van der Waals surface area contributed by atoms with Gasteiger partial charge < -0.3 is 10.6 Å². The summed E-state index contributed by atoms with van der Waals surface area (Å²) in [6, 6.07) is 12.0. The van der Waals surface area contributed by atoms with Crippen molar-refractivity contribution in [3.8, 4) is 21.6 Å². The Morgan fingerprint density at radius 2 is 2.00 bits per heavy atom. The highest BCUT2D eigenvalue weighted by Gasteiger charge is 2.23. The summed E-state index contributed by atoms with van der Waals surface area (Å²) in [5, 5.41) is 2.69. The molecule has 4 rings (SSSR count). The molecule has 1 atom stereocenters. The number of pyridine rings is 1. The lowest BCUT2D eigenvalue weighted by atomic mass is 9.90. The number of carbonyl (C=O) groups excluding carboxylic acids is 1. The Balaban J connectivity index is 1.57.